The van der Waals surface area contributed by atoms with Crippen LogP contribution in [0.3, 0.4) is 0 Å². The van der Waals surface area contributed by atoms with Crippen molar-refractivity contribution in [3.63, 3.8) is 0 Å². The van der Waals surface area contributed by atoms with E-state index in [2.05, 4.69) is 46.2 Å². The van der Waals surface area contributed by atoms with Crippen molar-refractivity contribution in [1.82, 2.24) is 35.9 Å². The lowest BCUT2D eigenvalue weighted by Crippen LogP contribution is -2.48. The van der Waals surface area contributed by atoms with E-state index in [4.69, 9.17) is 48.6 Å². The quantitative estimate of drug-likeness (QED) is 0.111. The molecule has 25 heteroatoms. The number of nitrogens with two attached hydrogens (primary N) is 1. The molecule has 2 aromatic heterocycles. The Morgan fingerprint density at radius 1 is 0.689 bits per heavy atom. The van der Waals surface area contributed by atoms with Crippen LogP contribution in [0.15, 0.2) is 58.8 Å². The van der Waals surface area contributed by atoms with E-state index in [0.717, 1.165) is 0 Å². The zero-order valence-corrected chi connectivity index (χ0v) is 41.6. The minimum absolute atomic E-state index is 0.0891. The largest absolute Gasteiger partial charge is 0.494 e. The number of rotatable bonds is 17. The molecule has 74 heavy (non-hydrogen) atoms. The second-order valence-electron chi connectivity index (χ2n) is 17.4. The highest BCUT2D eigenvalue weighted by atomic mass is 19.1. The van der Waals surface area contributed by atoms with Crippen molar-refractivity contribution in [2.24, 2.45) is 22.0 Å². The molecule has 4 aromatic rings. The highest BCUT2D eigenvalue weighted by Crippen LogP contribution is 2.26. The van der Waals surface area contributed by atoms with Crippen LogP contribution in [0, 0.1) is 31.4 Å². The maximum atomic E-state index is 13.7. The van der Waals surface area contributed by atoms with Gasteiger partial charge < -0.3 is 64.5 Å². The molecule has 4 aliphatic heterocycles. The summed E-state index contributed by atoms with van der Waals surface area (Å²) in [5.74, 6) is -1.57. The molecule has 8 rings (SSSR count). The summed E-state index contributed by atoms with van der Waals surface area (Å²) in [4.78, 5) is 76.9. The molecule has 4 aliphatic rings. The Morgan fingerprint density at radius 3 is 1.70 bits per heavy atom. The zero-order chi connectivity index (χ0) is 52.9. The third-order valence-electron chi connectivity index (χ3n) is 11.7. The fourth-order valence-electron chi connectivity index (χ4n) is 7.74. The van der Waals surface area contributed by atoms with Crippen LogP contribution in [-0.2, 0) is 56.0 Å². The van der Waals surface area contributed by atoms with Gasteiger partial charge in [0.15, 0.2) is 47.7 Å². The summed E-state index contributed by atoms with van der Waals surface area (Å²) in [5, 5.41) is 16.5. The Bertz CT molecular complexity index is 2720. The van der Waals surface area contributed by atoms with Crippen LogP contribution in [0.5, 0.6) is 11.5 Å². The van der Waals surface area contributed by atoms with Crippen LogP contribution >= 0.6 is 0 Å². The van der Waals surface area contributed by atoms with Crippen molar-refractivity contribution < 1.29 is 70.8 Å². The van der Waals surface area contributed by atoms with Gasteiger partial charge in [-0.3, -0.25) is 19.2 Å². The zero-order valence-electron chi connectivity index (χ0n) is 41.6. The van der Waals surface area contributed by atoms with Crippen LogP contribution in [0.25, 0.3) is 0 Å². The number of aromatic nitrogens is 4. The lowest BCUT2D eigenvalue weighted by atomic mass is 10.0. The van der Waals surface area contributed by atoms with Crippen LogP contribution in [0.4, 0.5) is 8.78 Å². The van der Waals surface area contributed by atoms with E-state index in [-0.39, 0.29) is 67.8 Å². The Labute approximate surface area is 424 Å². The van der Waals surface area contributed by atoms with Gasteiger partial charge in [0, 0.05) is 45.3 Å². The number of halogens is 2. The first-order valence-electron chi connectivity index (χ1n) is 23.6. The lowest BCUT2D eigenvalue weighted by Gasteiger charge is -2.31. The molecule has 2 fully saturated rings. The lowest BCUT2D eigenvalue weighted by molar-refractivity contribution is -0.242. The van der Waals surface area contributed by atoms with Crippen LogP contribution in [-0.4, -0.2) is 146 Å². The van der Waals surface area contributed by atoms with E-state index in [0.29, 0.717) is 78.2 Å². The number of oxime groups is 2. The third kappa shape index (κ3) is 14.7. The number of nitrogens with one attached hydrogen (secondary N) is 3. The van der Waals surface area contributed by atoms with E-state index in [1.54, 1.807) is 32.0 Å². The van der Waals surface area contributed by atoms with Crippen molar-refractivity contribution >= 4 is 35.1 Å². The van der Waals surface area contributed by atoms with Crippen molar-refractivity contribution in [3.05, 3.63) is 106 Å². The number of hydrogen-bond acceptors (Lipinski definition) is 20. The van der Waals surface area contributed by atoms with Crippen molar-refractivity contribution in [2.75, 3.05) is 53.7 Å². The minimum Gasteiger partial charge on any atom is -0.494 e. The normalized spacial score (nSPS) is 21.5. The Morgan fingerprint density at radius 2 is 1.22 bits per heavy atom. The molecule has 0 aliphatic carbocycles. The molecule has 396 valence electrons. The molecular formula is C49H58F2N10O13. The number of aryl methyl sites for hydroxylation is 2. The van der Waals surface area contributed by atoms with Crippen molar-refractivity contribution in [1.29, 1.82) is 0 Å². The summed E-state index contributed by atoms with van der Waals surface area (Å²) in [6.07, 6.45) is -2.24. The molecule has 0 saturated carbocycles. The Hall–Kier alpha value is -7.32. The fourth-order valence-corrected chi connectivity index (χ4v) is 7.74. The molecule has 0 bridgehead atoms. The number of nitrogens with zero attached hydrogens (tertiary/aromatic N) is 6. The van der Waals surface area contributed by atoms with E-state index in [1.807, 2.05) is 0 Å². The van der Waals surface area contributed by atoms with Gasteiger partial charge in [0.2, 0.25) is 0 Å². The van der Waals surface area contributed by atoms with Crippen LogP contribution in [0.2, 0.25) is 0 Å². The molecule has 0 spiro atoms. The maximum Gasteiger partial charge on any atom is 0.303 e. The first-order chi connectivity index (χ1) is 35.6. The first-order valence-corrected chi connectivity index (χ1v) is 23.6. The average molecular weight is 1030 g/mol. The van der Waals surface area contributed by atoms with Gasteiger partial charge in [-0.1, -0.05) is 22.4 Å². The van der Waals surface area contributed by atoms with Gasteiger partial charge >= 0.3 is 5.97 Å². The standard InChI is InChI=1S/C27H32FN5O8.C22H26FN5O5/c1-14(40-16(3)34)26(35)30-11-18-12-39-25(13-38-18)24-9-21(33-41-24)20-8-22(32-15(2)31-20)27(36)29-10-17-5-6-19(28)23(7-17)37-4;1-12-26-16(17-7-20(33-28-17)22-31-10-14(8-24)11-32-22)6-18(27-12)21(29)25-9-13-3-4-15(23)19(5-13)30-2/h5-8,14,18,24-25H,9-13H2,1-4H3,(H,29,36)(H,30,35);3-6,14,20,22H,7-11,24H2,1-2H3,(H,25,29)/t14-,18+,24-,25+;14?,20-,22?/m00/s1. The topological polar surface area (TPSA) is 290 Å². The van der Waals surface area contributed by atoms with Gasteiger partial charge in [-0.25, -0.2) is 28.7 Å². The minimum atomic E-state index is -0.900. The Balaban J connectivity index is 0.000000221. The smallest absolute Gasteiger partial charge is 0.303 e. The molecule has 2 aromatic carbocycles. The molecule has 5 N–H and O–H groups in total. The number of ether oxygens (including phenoxy) is 7. The predicted molar refractivity (Wildman–Crippen MR) is 256 cm³/mol. The summed E-state index contributed by atoms with van der Waals surface area (Å²) in [5.41, 5.74) is 9.40. The Kier molecular flexibility index (Phi) is 18.8. The number of carbonyl (C=O) groups is 4. The molecule has 3 amide bonds. The second-order valence-corrected chi connectivity index (χ2v) is 17.4. The summed E-state index contributed by atoms with van der Waals surface area (Å²) < 4.78 is 65.2. The summed E-state index contributed by atoms with van der Waals surface area (Å²) in [6.45, 7) is 8.57. The first kappa shape index (κ1) is 54.5. The predicted octanol–water partition coefficient (Wildman–Crippen LogP) is 2.51. The number of amides is 3. The molecule has 2 saturated heterocycles. The highest BCUT2D eigenvalue weighted by molar-refractivity contribution is 6.02. The third-order valence-corrected chi connectivity index (χ3v) is 11.7. The number of esters is 1. The van der Waals surface area contributed by atoms with E-state index >= 15 is 0 Å². The fraction of sp³-hybridized carbons (Fsp3) is 0.469. The molecule has 0 radical (unpaired) electrons. The second kappa shape index (κ2) is 25.6. The van der Waals surface area contributed by atoms with Gasteiger partial charge in [-0.15, -0.1) is 0 Å². The molecule has 6 heterocycles. The van der Waals surface area contributed by atoms with E-state index in [9.17, 15) is 28.0 Å². The van der Waals surface area contributed by atoms with E-state index in [1.165, 1.54) is 58.4 Å². The van der Waals surface area contributed by atoms with Gasteiger partial charge in [0.25, 0.3) is 17.7 Å². The van der Waals surface area contributed by atoms with E-state index < -0.39 is 66.0 Å². The van der Waals surface area contributed by atoms with Crippen LogP contribution in [0.1, 0.15) is 81.8 Å². The van der Waals surface area contributed by atoms with Gasteiger partial charge in [-0.05, 0) is 74.8 Å². The summed E-state index contributed by atoms with van der Waals surface area (Å²) in [6, 6.07) is 11.8. The van der Waals surface area contributed by atoms with Crippen LogP contribution < -0.4 is 31.2 Å². The van der Waals surface area contributed by atoms with Gasteiger partial charge in [-0.2, -0.15) is 0 Å². The monoisotopic (exact) mass is 1030 g/mol. The number of hydrogen-bond donors (Lipinski definition) is 4. The molecule has 23 nitrogen and oxygen atoms in total. The van der Waals surface area contributed by atoms with Crippen molar-refractivity contribution in [2.45, 2.75) is 90.4 Å². The van der Waals surface area contributed by atoms with Crippen molar-refractivity contribution in [3.8, 4) is 11.5 Å². The maximum absolute atomic E-state index is 13.7. The highest BCUT2D eigenvalue weighted by Gasteiger charge is 2.37. The number of benzene rings is 2. The van der Waals surface area contributed by atoms with Gasteiger partial charge in [0.05, 0.1) is 58.1 Å². The molecular weight excluding hydrogens is 975 g/mol. The molecule has 5 atom stereocenters. The van der Waals surface area contributed by atoms with Gasteiger partial charge in [0.1, 0.15) is 40.6 Å². The number of methoxy groups -OCH3 is 2. The summed E-state index contributed by atoms with van der Waals surface area (Å²) >= 11 is 0. The molecule has 0 unspecified atom stereocenters. The summed E-state index contributed by atoms with van der Waals surface area (Å²) in [7, 11) is 2.75. The average Bonchev–Trinajstić information content (AvgIpc) is 4.11. The number of carbonyl (C=O) groups excluding carboxylic acids is 4. The SMILES string of the molecule is COc1cc(CNC(=O)c2cc(C3=NO[C@H](C4OCC(CN)CO4)C3)nc(C)n2)ccc1F.COc1cc(CNC(=O)c2cc(C3=NO[C@H]([C@H]4CO[C@H](CNC(=O)[C@H](C)OC(C)=O)CO4)C3)nc(C)n2)ccc1F.